The second kappa shape index (κ2) is 7.31. The van der Waals surface area contributed by atoms with Gasteiger partial charge in [-0.25, -0.2) is 0 Å². The van der Waals surface area contributed by atoms with Crippen LogP contribution in [0.3, 0.4) is 0 Å². The summed E-state index contributed by atoms with van der Waals surface area (Å²) in [5.74, 6) is 1.78. The number of amides is 1. The van der Waals surface area contributed by atoms with Crippen LogP contribution in [0.2, 0.25) is 0 Å². The van der Waals surface area contributed by atoms with E-state index in [9.17, 15) is 4.79 Å². The summed E-state index contributed by atoms with van der Waals surface area (Å²) in [4.78, 5) is 11.5. The number of rotatable bonds is 7. The fourth-order valence-electron chi connectivity index (χ4n) is 2.45. The Hall–Kier alpha value is -1.75. The van der Waals surface area contributed by atoms with Gasteiger partial charge in [-0.3, -0.25) is 4.79 Å². The SMILES string of the molecule is CCCNC(=O)CNCc1cc2c(cc1OC)CC(C)O2. The molecule has 2 rings (SSSR count). The van der Waals surface area contributed by atoms with Crippen LogP contribution in [0.1, 0.15) is 31.4 Å². The van der Waals surface area contributed by atoms with Gasteiger partial charge in [-0.1, -0.05) is 6.92 Å². The fourth-order valence-corrected chi connectivity index (χ4v) is 2.45. The number of hydrogen-bond donors (Lipinski definition) is 2. The molecule has 0 radical (unpaired) electrons. The van der Waals surface area contributed by atoms with Crippen molar-refractivity contribution in [1.29, 1.82) is 0 Å². The summed E-state index contributed by atoms with van der Waals surface area (Å²) in [6.45, 7) is 5.69. The molecule has 0 aromatic heterocycles. The first-order chi connectivity index (χ1) is 10.1. The number of fused-ring (bicyclic) bond motifs is 1. The normalized spacial score (nSPS) is 16.2. The molecule has 5 heteroatoms. The number of hydrogen-bond acceptors (Lipinski definition) is 4. The molecule has 116 valence electrons. The van der Waals surface area contributed by atoms with E-state index in [0.29, 0.717) is 19.6 Å². The Balaban J connectivity index is 1.94. The third kappa shape index (κ3) is 4.11. The lowest BCUT2D eigenvalue weighted by Crippen LogP contribution is -2.34. The van der Waals surface area contributed by atoms with E-state index in [1.807, 2.05) is 19.1 Å². The monoisotopic (exact) mass is 292 g/mol. The van der Waals surface area contributed by atoms with E-state index in [1.165, 1.54) is 5.56 Å². The lowest BCUT2D eigenvalue weighted by atomic mass is 10.1. The second-order valence-corrected chi connectivity index (χ2v) is 5.36. The standard InChI is InChI=1S/C16H24N2O3/c1-4-5-18-16(19)10-17-9-13-8-15-12(6-11(2)21-15)7-14(13)20-3/h7-8,11,17H,4-6,9-10H2,1-3H3,(H,18,19). The van der Waals surface area contributed by atoms with E-state index in [2.05, 4.69) is 17.6 Å². The zero-order valence-corrected chi connectivity index (χ0v) is 13.0. The minimum absolute atomic E-state index is 0.0156. The summed E-state index contributed by atoms with van der Waals surface area (Å²) in [6.07, 6.45) is 2.08. The summed E-state index contributed by atoms with van der Waals surface area (Å²) in [5.41, 5.74) is 2.19. The van der Waals surface area contributed by atoms with Gasteiger partial charge in [0.2, 0.25) is 5.91 Å². The van der Waals surface area contributed by atoms with E-state index in [4.69, 9.17) is 9.47 Å². The van der Waals surface area contributed by atoms with E-state index in [0.717, 1.165) is 29.9 Å². The van der Waals surface area contributed by atoms with Gasteiger partial charge in [0.15, 0.2) is 0 Å². The van der Waals surface area contributed by atoms with Crippen molar-refractivity contribution in [2.24, 2.45) is 0 Å². The number of carbonyl (C=O) groups is 1. The molecule has 5 nitrogen and oxygen atoms in total. The third-order valence-corrected chi connectivity index (χ3v) is 3.47. The lowest BCUT2D eigenvalue weighted by molar-refractivity contribution is -0.120. The average Bonchev–Trinajstić information content (AvgIpc) is 2.83. The second-order valence-electron chi connectivity index (χ2n) is 5.36. The Morgan fingerprint density at radius 2 is 2.29 bits per heavy atom. The van der Waals surface area contributed by atoms with Crippen LogP contribution in [-0.4, -0.2) is 32.2 Å². The first-order valence-corrected chi connectivity index (χ1v) is 7.48. The summed E-state index contributed by atoms with van der Waals surface area (Å²) in [7, 11) is 1.67. The molecule has 1 amide bonds. The van der Waals surface area contributed by atoms with Crippen LogP contribution in [-0.2, 0) is 17.8 Å². The van der Waals surface area contributed by atoms with Crippen LogP contribution in [0, 0.1) is 0 Å². The molecule has 1 aliphatic heterocycles. The number of ether oxygens (including phenoxy) is 2. The van der Waals surface area contributed by atoms with Crippen LogP contribution in [0.15, 0.2) is 12.1 Å². The van der Waals surface area contributed by atoms with Crippen molar-refractivity contribution in [2.45, 2.75) is 39.3 Å². The molecule has 1 atom stereocenters. The third-order valence-electron chi connectivity index (χ3n) is 3.47. The largest absolute Gasteiger partial charge is 0.496 e. The minimum atomic E-state index is 0.0156. The van der Waals surface area contributed by atoms with E-state index >= 15 is 0 Å². The predicted octanol–water partition coefficient (Wildman–Crippen LogP) is 1.63. The molecule has 2 N–H and O–H groups in total. The molecule has 0 bridgehead atoms. The molecule has 1 aromatic rings. The van der Waals surface area contributed by atoms with E-state index in [-0.39, 0.29) is 12.0 Å². The fraction of sp³-hybridized carbons (Fsp3) is 0.562. The number of methoxy groups -OCH3 is 1. The van der Waals surface area contributed by atoms with Crippen molar-refractivity contribution >= 4 is 5.91 Å². The highest BCUT2D eigenvalue weighted by Crippen LogP contribution is 2.34. The van der Waals surface area contributed by atoms with Gasteiger partial charge >= 0.3 is 0 Å². The van der Waals surface area contributed by atoms with E-state index in [1.54, 1.807) is 7.11 Å². The van der Waals surface area contributed by atoms with Gasteiger partial charge in [0, 0.05) is 30.6 Å². The highest BCUT2D eigenvalue weighted by Gasteiger charge is 2.21. The molecule has 21 heavy (non-hydrogen) atoms. The molecule has 0 saturated heterocycles. The van der Waals surface area contributed by atoms with Gasteiger partial charge in [0.1, 0.15) is 17.6 Å². The van der Waals surface area contributed by atoms with Crippen LogP contribution in [0.5, 0.6) is 11.5 Å². The van der Waals surface area contributed by atoms with Crippen LogP contribution >= 0.6 is 0 Å². The van der Waals surface area contributed by atoms with Crippen molar-refractivity contribution < 1.29 is 14.3 Å². The Morgan fingerprint density at radius 1 is 1.48 bits per heavy atom. The quantitative estimate of drug-likeness (QED) is 0.802. The smallest absolute Gasteiger partial charge is 0.233 e. The zero-order valence-electron chi connectivity index (χ0n) is 13.0. The van der Waals surface area contributed by atoms with Crippen LogP contribution < -0.4 is 20.1 Å². The molecule has 0 aliphatic carbocycles. The number of nitrogens with one attached hydrogen (secondary N) is 2. The maximum Gasteiger partial charge on any atom is 0.233 e. The Morgan fingerprint density at radius 3 is 3.00 bits per heavy atom. The highest BCUT2D eigenvalue weighted by atomic mass is 16.5. The van der Waals surface area contributed by atoms with Gasteiger partial charge < -0.3 is 20.1 Å². The van der Waals surface area contributed by atoms with Crippen molar-refractivity contribution in [2.75, 3.05) is 20.2 Å². The number of benzene rings is 1. The minimum Gasteiger partial charge on any atom is -0.496 e. The van der Waals surface area contributed by atoms with Gasteiger partial charge in [-0.2, -0.15) is 0 Å². The number of carbonyl (C=O) groups excluding carboxylic acids is 1. The van der Waals surface area contributed by atoms with E-state index < -0.39 is 0 Å². The molecule has 1 heterocycles. The average molecular weight is 292 g/mol. The Kier molecular flexibility index (Phi) is 5.44. The molecule has 0 saturated carbocycles. The van der Waals surface area contributed by atoms with Gasteiger partial charge in [0.05, 0.1) is 13.7 Å². The first kappa shape index (κ1) is 15.6. The van der Waals surface area contributed by atoms with Gasteiger partial charge in [-0.05, 0) is 25.5 Å². The summed E-state index contributed by atoms with van der Waals surface area (Å²) >= 11 is 0. The molecule has 0 fully saturated rings. The maximum absolute atomic E-state index is 11.5. The molecule has 0 spiro atoms. The maximum atomic E-state index is 11.5. The Bertz CT molecular complexity index is 503. The molecular weight excluding hydrogens is 268 g/mol. The topological polar surface area (TPSA) is 59.6 Å². The molecule has 1 aliphatic rings. The zero-order chi connectivity index (χ0) is 15.2. The predicted molar refractivity (Wildman–Crippen MR) is 81.8 cm³/mol. The van der Waals surface area contributed by atoms with Crippen molar-refractivity contribution in [1.82, 2.24) is 10.6 Å². The van der Waals surface area contributed by atoms with Crippen molar-refractivity contribution in [3.63, 3.8) is 0 Å². The van der Waals surface area contributed by atoms with Gasteiger partial charge in [-0.15, -0.1) is 0 Å². The first-order valence-electron chi connectivity index (χ1n) is 7.48. The van der Waals surface area contributed by atoms with Crippen LogP contribution in [0.4, 0.5) is 0 Å². The molecule has 1 aromatic carbocycles. The Labute approximate surface area is 126 Å². The van der Waals surface area contributed by atoms with Crippen LogP contribution in [0.25, 0.3) is 0 Å². The lowest BCUT2D eigenvalue weighted by Gasteiger charge is -2.12. The van der Waals surface area contributed by atoms with Crippen molar-refractivity contribution in [3.8, 4) is 11.5 Å². The summed E-state index contributed by atoms with van der Waals surface area (Å²) < 4.78 is 11.2. The summed E-state index contributed by atoms with van der Waals surface area (Å²) in [5, 5.41) is 5.98. The van der Waals surface area contributed by atoms with Gasteiger partial charge in [0.25, 0.3) is 0 Å². The molecule has 1 unspecified atom stereocenters. The van der Waals surface area contributed by atoms with Crippen molar-refractivity contribution in [3.05, 3.63) is 23.3 Å². The molecular formula is C16H24N2O3. The summed E-state index contributed by atoms with van der Waals surface area (Å²) in [6, 6.07) is 4.04. The highest BCUT2D eigenvalue weighted by molar-refractivity contribution is 5.77.